The van der Waals surface area contributed by atoms with Crippen LogP contribution in [-0.2, 0) is 26.8 Å². The Morgan fingerprint density at radius 3 is 2.55 bits per heavy atom. The molecule has 2 aliphatic heterocycles. The van der Waals surface area contributed by atoms with Gasteiger partial charge in [-0.15, -0.1) is 0 Å². The van der Waals surface area contributed by atoms with Crippen LogP contribution in [0.4, 0.5) is 19.3 Å². The first-order valence-corrected chi connectivity index (χ1v) is 11.9. The summed E-state index contributed by atoms with van der Waals surface area (Å²) in [5.41, 5.74) is -0.883. The minimum atomic E-state index is -3.49. The molecule has 0 spiro atoms. The number of urea groups is 1. The molecular formula is C22H21F2N3O5S. The van der Waals surface area contributed by atoms with Crippen LogP contribution in [0, 0.1) is 11.6 Å². The third kappa shape index (κ3) is 3.75. The summed E-state index contributed by atoms with van der Waals surface area (Å²) in [7, 11) is -3.49. The summed E-state index contributed by atoms with van der Waals surface area (Å²) < 4.78 is 53.4. The van der Waals surface area contributed by atoms with Crippen LogP contribution in [0.5, 0.6) is 0 Å². The molecule has 4 rings (SSSR count). The Hall–Kier alpha value is -3.34. The number of nitrogens with zero attached hydrogens (tertiary/aromatic N) is 2. The van der Waals surface area contributed by atoms with Crippen molar-refractivity contribution in [2.45, 2.75) is 31.8 Å². The van der Waals surface area contributed by atoms with Crippen molar-refractivity contribution in [3.63, 3.8) is 0 Å². The number of amides is 3. The number of nitrogens with one attached hydrogen (secondary N) is 1. The summed E-state index contributed by atoms with van der Waals surface area (Å²) in [4.78, 5) is 39.0. The van der Waals surface area contributed by atoms with E-state index in [0.29, 0.717) is 22.6 Å². The van der Waals surface area contributed by atoms with Gasteiger partial charge in [-0.05, 0) is 62.2 Å². The zero-order chi connectivity index (χ0) is 24.3. The van der Waals surface area contributed by atoms with Crippen molar-refractivity contribution in [1.82, 2.24) is 10.2 Å². The first kappa shape index (κ1) is 22.8. The number of imide groups is 1. The van der Waals surface area contributed by atoms with Crippen molar-refractivity contribution >= 4 is 33.4 Å². The molecule has 0 aliphatic carbocycles. The van der Waals surface area contributed by atoms with Gasteiger partial charge >= 0.3 is 6.03 Å². The predicted octanol–water partition coefficient (Wildman–Crippen LogP) is 2.33. The van der Waals surface area contributed by atoms with Gasteiger partial charge in [-0.25, -0.2) is 22.0 Å². The molecule has 174 valence electrons. The summed E-state index contributed by atoms with van der Waals surface area (Å²) in [5, 5.41) is 2.35. The Labute approximate surface area is 189 Å². The van der Waals surface area contributed by atoms with Gasteiger partial charge in [-0.3, -0.25) is 18.8 Å². The number of rotatable bonds is 5. The lowest BCUT2D eigenvalue weighted by Crippen LogP contribution is -2.42. The van der Waals surface area contributed by atoms with Crippen LogP contribution < -0.4 is 9.62 Å². The summed E-state index contributed by atoms with van der Waals surface area (Å²) in [5.74, 6) is -3.09. The molecule has 11 heteroatoms. The largest absolute Gasteiger partial charge is 0.325 e. The van der Waals surface area contributed by atoms with Gasteiger partial charge in [-0.1, -0.05) is 0 Å². The highest BCUT2D eigenvalue weighted by Gasteiger charge is 2.51. The fourth-order valence-electron chi connectivity index (χ4n) is 4.42. The molecule has 33 heavy (non-hydrogen) atoms. The molecule has 2 unspecified atom stereocenters. The van der Waals surface area contributed by atoms with E-state index in [2.05, 4.69) is 5.32 Å². The molecule has 8 nitrogen and oxygen atoms in total. The molecule has 1 fully saturated rings. The molecule has 2 aromatic carbocycles. The van der Waals surface area contributed by atoms with Gasteiger partial charge in [0, 0.05) is 17.2 Å². The lowest BCUT2D eigenvalue weighted by Gasteiger charge is -2.23. The lowest BCUT2D eigenvalue weighted by atomic mass is 9.91. The van der Waals surface area contributed by atoms with E-state index >= 15 is 0 Å². The van der Waals surface area contributed by atoms with Crippen LogP contribution in [0.25, 0.3) is 0 Å². The number of Topliss-reactive ketones (excluding diaryl/α,β-unsaturated/α-hetero) is 1. The number of hydrogen-bond acceptors (Lipinski definition) is 5. The van der Waals surface area contributed by atoms with Gasteiger partial charge in [0.25, 0.3) is 5.91 Å². The normalized spacial score (nSPS) is 22.5. The highest BCUT2D eigenvalue weighted by atomic mass is 32.2. The van der Waals surface area contributed by atoms with Gasteiger partial charge in [-0.2, -0.15) is 0 Å². The maximum atomic E-state index is 14.3. The van der Waals surface area contributed by atoms with Crippen LogP contribution in [-0.4, -0.2) is 49.9 Å². The number of anilines is 1. The molecule has 2 aliphatic rings. The number of carbonyl (C=O) groups is 3. The Kier molecular flexibility index (Phi) is 5.27. The number of benzene rings is 2. The Morgan fingerprint density at radius 2 is 1.88 bits per heavy atom. The van der Waals surface area contributed by atoms with Crippen LogP contribution >= 0.6 is 0 Å². The highest BCUT2D eigenvalue weighted by molar-refractivity contribution is 7.92. The first-order chi connectivity index (χ1) is 15.3. The number of ketones is 1. The SMILES string of the molecule is CC1Cc2cc(C(=O)CN3C(=O)NC(C)(c4cc(F)ccc4F)C3=O)ccc2N1S(C)(=O)=O. The number of fused-ring (bicyclic) bond motifs is 1. The summed E-state index contributed by atoms with van der Waals surface area (Å²) in [6.45, 7) is 2.38. The van der Waals surface area contributed by atoms with E-state index in [1.807, 2.05) is 0 Å². The number of hydrogen-bond donors (Lipinski definition) is 1. The number of sulfonamides is 1. The molecule has 0 aromatic heterocycles. The zero-order valence-corrected chi connectivity index (χ0v) is 18.9. The second kappa shape index (κ2) is 7.62. The van der Waals surface area contributed by atoms with Crippen molar-refractivity contribution in [2.75, 3.05) is 17.1 Å². The Balaban J connectivity index is 1.59. The third-order valence-corrected chi connectivity index (χ3v) is 7.23. The van der Waals surface area contributed by atoms with Crippen LogP contribution in [0.2, 0.25) is 0 Å². The quantitative estimate of drug-likeness (QED) is 0.526. The van der Waals surface area contributed by atoms with Crippen molar-refractivity contribution < 1.29 is 31.6 Å². The van der Waals surface area contributed by atoms with Crippen molar-refractivity contribution in [1.29, 1.82) is 0 Å². The smallest absolute Gasteiger partial charge is 0.319 e. The van der Waals surface area contributed by atoms with E-state index < -0.39 is 51.5 Å². The van der Waals surface area contributed by atoms with E-state index in [-0.39, 0.29) is 17.2 Å². The van der Waals surface area contributed by atoms with E-state index in [1.165, 1.54) is 23.4 Å². The van der Waals surface area contributed by atoms with Gasteiger partial charge in [0.05, 0.1) is 18.5 Å². The molecule has 2 heterocycles. The van der Waals surface area contributed by atoms with Gasteiger partial charge in [0.15, 0.2) is 5.78 Å². The molecule has 0 bridgehead atoms. The average Bonchev–Trinajstić information content (AvgIpc) is 3.17. The van der Waals surface area contributed by atoms with Crippen LogP contribution in [0.15, 0.2) is 36.4 Å². The highest BCUT2D eigenvalue weighted by Crippen LogP contribution is 2.35. The lowest BCUT2D eigenvalue weighted by molar-refractivity contribution is -0.130. The topological polar surface area (TPSA) is 104 Å². The molecule has 0 saturated carbocycles. The van der Waals surface area contributed by atoms with E-state index in [4.69, 9.17) is 0 Å². The molecular weight excluding hydrogens is 456 g/mol. The second-order valence-corrected chi connectivity index (χ2v) is 10.3. The van der Waals surface area contributed by atoms with E-state index in [9.17, 15) is 31.6 Å². The minimum absolute atomic E-state index is 0.197. The predicted molar refractivity (Wildman–Crippen MR) is 115 cm³/mol. The number of carbonyl (C=O) groups excluding carboxylic acids is 3. The molecule has 0 radical (unpaired) electrons. The summed E-state index contributed by atoms with van der Waals surface area (Å²) in [6.07, 6.45) is 1.51. The average molecular weight is 477 g/mol. The fraction of sp³-hybridized carbons (Fsp3) is 0.318. The standard InChI is InChI=1S/C22H21F2N3O5S/c1-12-8-14-9-13(4-7-18(14)27(12)33(3,31)32)19(28)11-26-20(29)22(2,25-21(26)30)16-10-15(23)5-6-17(16)24/h4-7,9-10,12H,8,11H2,1-3H3,(H,25,30). The minimum Gasteiger partial charge on any atom is -0.319 e. The van der Waals surface area contributed by atoms with Crippen LogP contribution in [0.3, 0.4) is 0 Å². The second-order valence-electron chi connectivity index (χ2n) is 8.45. The fourth-order valence-corrected chi connectivity index (χ4v) is 5.68. The van der Waals surface area contributed by atoms with Crippen molar-refractivity contribution in [2.24, 2.45) is 0 Å². The van der Waals surface area contributed by atoms with E-state index in [0.717, 1.165) is 24.5 Å². The van der Waals surface area contributed by atoms with Gasteiger partial charge in [0.1, 0.15) is 17.2 Å². The van der Waals surface area contributed by atoms with Crippen molar-refractivity contribution in [3.05, 3.63) is 64.7 Å². The maximum Gasteiger partial charge on any atom is 0.325 e. The summed E-state index contributed by atoms with van der Waals surface area (Å²) >= 11 is 0. The Morgan fingerprint density at radius 1 is 1.18 bits per heavy atom. The molecule has 1 N–H and O–H groups in total. The van der Waals surface area contributed by atoms with Gasteiger partial charge < -0.3 is 5.32 Å². The van der Waals surface area contributed by atoms with Gasteiger partial charge in [0.2, 0.25) is 10.0 Å². The third-order valence-electron chi connectivity index (χ3n) is 5.96. The molecule has 2 atom stereocenters. The van der Waals surface area contributed by atoms with Crippen molar-refractivity contribution in [3.8, 4) is 0 Å². The maximum absolute atomic E-state index is 14.3. The molecule has 3 amide bonds. The molecule has 1 saturated heterocycles. The monoisotopic (exact) mass is 477 g/mol. The number of halogens is 2. The van der Waals surface area contributed by atoms with Crippen LogP contribution in [0.1, 0.15) is 35.3 Å². The first-order valence-electron chi connectivity index (χ1n) is 10.1. The summed E-state index contributed by atoms with van der Waals surface area (Å²) in [6, 6.07) is 5.86. The van der Waals surface area contributed by atoms with E-state index in [1.54, 1.807) is 13.0 Å². The molecule has 2 aromatic rings. The Bertz CT molecular complexity index is 1310. The zero-order valence-electron chi connectivity index (χ0n) is 18.1.